The molecule has 5 aromatic carbocycles. The van der Waals surface area contributed by atoms with Crippen LogP contribution in [-0.2, 0) is 27.4 Å². The Kier molecular flexibility index (Phi) is 9.72. The molecule has 1 spiro atoms. The van der Waals surface area contributed by atoms with E-state index < -0.39 is 11.8 Å². The molecule has 3 saturated heterocycles. The van der Waals surface area contributed by atoms with Gasteiger partial charge < -0.3 is 29.7 Å². The van der Waals surface area contributed by atoms with E-state index in [1.807, 2.05) is 91.0 Å². The number of fused-ring (bicyclic) bond motifs is 1. The van der Waals surface area contributed by atoms with Gasteiger partial charge in [-0.15, -0.1) is 0 Å². The van der Waals surface area contributed by atoms with E-state index in [1.54, 1.807) is 24.3 Å². The third-order valence-corrected chi connectivity index (χ3v) is 11.9. The first-order valence-corrected chi connectivity index (χ1v) is 19.4. The Bertz CT molecular complexity index is 2200. The van der Waals surface area contributed by atoms with E-state index in [0.29, 0.717) is 30.8 Å². The number of imide groups is 1. The molecule has 10 heteroatoms. The highest BCUT2D eigenvalue weighted by Gasteiger charge is 2.50. The van der Waals surface area contributed by atoms with E-state index in [0.717, 1.165) is 65.0 Å². The zero-order chi connectivity index (χ0) is 38.2. The molecule has 4 aliphatic heterocycles. The van der Waals surface area contributed by atoms with Crippen molar-refractivity contribution in [2.24, 2.45) is 0 Å². The molecule has 0 bridgehead atoms. The molecule has 3 fully saturated rings. The normalized spacial score (nSPS) is 22.1. The van der Waals surface area contributed by atoms with Gasteiger partial charge in [0, 0.05) is 37.3 Å². The first kappa shape index (κ1) is 36.0. The number of aliphatic hydroxyl groups excluding tert-OH is 1. The van der Waals surface area contributed by atoms with Crippen molar-refractivity contribution < 1.29 is 29.0 Å². The van der Waals surface area contributed by atoms with Crippen LogP contribution in [0.5, 0.6) is 0 Å². The number of carbonyl (C=O) groups excluding carboxylic acids is 3. The fourth-order valence-electron chi connectivity index (χ4n) is 8.77. The quantitative estimate of drug-likeness (QED) is 0.162. The van der Waals surface area contributed by atoms with Crippen molar-refractivity contribution in [1.82, 2.24) is 15.1 Å². The van der Waals surface area contributed by atoms with Crippen LogP contribution in [0.25, 0.3) is 11.1 Å². The van der Waals surface area contributed by atoms with Crippen LogP contribution in [0.4, 0.5) is 5.69 Å². The largest absolute Gasteiger partial charge is 0.392 e. The fourth-order valence-corrected chi connectivity index (χ4v) is 8.77. The van der Waals surface area contributed by atoms with Crippen LogP contribution in [0.3, 0.4) is 0 Å². The highest BCUT2D eigenvalue weighted by Crippen LogP contribution is 2.41. The van der Waals surface area contributed by atoms with Crippen LogP contribution in [0.2, 0.25) is 0 Å². The molecule has 0 saturated carbocycles. The van der Waals surface area contributed by atoms with Crippen molar-refractivity contribution in [2.75, 3.05) is 31.2 Å². The summed E-state index contributed by atoms with van der Waals surface area (Å²) in [6, 6.07) is 41.0. The molecule has 0 aromatic heterocycles. The number of benzene rings is 5. The van der Waals surface area contributed by atoms with E-state index in [-0.39, 0.29) is 43.1 Å². The van der Waals surface area contributed by atoms with Crippen molar-refractivity contribution in [3.05, 3.63) is 161 Å². The molecular weight excluding hydrogens is 705 g/mol. The first-order chi connectivity index (χ1) is 27.4. The third kappa shape index (κ3) is 6.68. The zero-order valence-corrected chi connectivity index (χ0v) is 31.1. The third-order valence-electron chi connectivity index (χ3n) is 11.9. The van der Waals surface area contributed by atoms with Gasteiger partial charge in [-0.3, -0.25) is 19.3 Å². The Morgan fingerprint density at radius 2 is 1.32 bits per heavy atom. The Balaban J connectivity index is 0.923. The topological polar surface area (TPSA) is 112 Å². The number of hydrogen-bond donors (Lipinski definition) is 2. The second kappa shape index (κ2) is 15.1. The molecule has 4 aliphatic rings. The predicted octanol–water partition coefficient (Wildman–Crippen LogP) is 6.62. The average Bonchev–Trinajstić information content (AvgIpc) is 3.69. The number of para-hydroxylation sites is 1. The van der Waals surface area contributed by atoms with E-state index in [9.17, 15) is 19.5 Å². The number of nitrogens with zero attached hydrogens (tertiary/aromatic N) is 3. The van der Waals surface area contributed by atoms with E-state index >= 15 is 0 Å². The summed E-state index contributed by atoms with van der Waals surface area (Å²) in [6.07, 6.45) is 1.13. The molecular formula is C46H44N4O6. The van der Waals surface area contributed by atoms with Crippen LogP contribution in [0, 0.1) is 0 Å². The molecule has 3 unspecified atom stereocenters. The number of ether oxygens (including phenoxy) is 2. The maximum absolute atomic E-state index is 13.3. The number of carbonyl (C=O) groups is 3. The lowest BCUT2D eigenvalue weighted by Crippen LogP contribution is -2.57. The number of rotatable bonds is 9. The molecule has 3 amide bonds. The smallest absolute Gasteiger partial charge is 0.261 e. The maximum Gasteiger partial charge on any atom is 0.261 e. The van der Waals surface area contributed by atoms with Gasteiger partial charge in [-0.2, -0.15) is 0 Å². The van der Waals surface area contributed by atoms with Gasteiger partial charge in [0.15, 0.2) is 6.29 Å². The summed E-state index contributed by atoms with van der Waals surface area (Å²) in [7, 11) is 0. The van der Waals surface area contributed by atoms with E-state index in [1.165, 1.54) is 4.90 Å². The average molecular weight is 749 g/mol. The molecule has 2 N–H and O–H groups in total. The summed E-state index contributed by atoms with van der Waals surface area (Å²) in [4.78, 5) is 45.6. The second-order valence-electron chi connectivity index (χ2n) is 15.1. The minimum Gasteiger partial charge on any atom is -0.392 e. The Morgan fingerprint density at radius 3 is 2.00 bits per heavy atom. The van der Waals surface area contributed by atoms with Gasteiger partial charge in [-0.05, 0) is 64.9 Å². The summed E-state index contributed by atoms with van der Waals surface area (Å²) in [5.74, 6) is -0.455. The SMILES string of the molecule is O=C1c2ccccc2C(=O)N1Cc1ccccc1-c1ccc(C2OC(CN3CCC4(CC3)C(=O)NCN4c3ccccc3)CC(c3ccc(CO)cc3)O2)cc1. The lowest BCUT2D eigenvalue weighted by Gasteiger charge is -2.45. The minimum absolute atomic E-state index is 0.0237. The Morgan fingerprint density at radius 1 is 0.696 bits per heavy atom. The predicted molar refractivity (Wildman–Crippen MR) is 211 cm³/mol. The highest BCUT2D eigenvalue weighted by atomic mass is 16.7. The first-order valence-electron chi connectivity index (χ1n) is 19.4. The highest BCUT2D eigenvalue weighted by molar-refractivity contribution is 6.21. The Hall–Kier alpha value is -5.65. The number of nitrogens with one attached hydrogen (secondary N) is 1. The van der Waals surface area contributed by atoms with Crippen molar-refractivity contribution in [3.8, 4) is 11.1 Å². The number of hydrogen-bond acceptors (Lipinski definition) is 8. The molecule has 56 heavy (non-hydrogen) atoms. The monoisotopic (exact) mass is 748 g/mol. The number of amides is 3. The van der Waals surface area contributed by atoms with Crippen LogP contribution in [0.15, 0.2) is 127 Å². The molecule has 284 valence electrons. The zero-order valence-electron chi connectivity index (χ0n) is 31.1. The van der Waals surface area contributed by atoms with E-state index in [2.05, 4.69) is 27.2 Å². The second-order valence-corrected chi connectivity index (χ2v) is 15.1. The van der Waals surface area contributed by atoms with Gasteiger partial charge in [-0.1, -0.05) is 103 Å². The van der Waals surface area contributed by atoms with Crippen LogP contribution in [-0.4, -0.2) is 70.6 Å². The van der Waals surface area contributed by atoms with Crippen molar-refractivity contribution in [3.63, 3.8) is 0 Å². The molecule has 5 aromatic rings. The number of anilines is 1. The summed E-state index contributed by atoms with van der Waals surface area (Å²) in [6.45, 7) is 2.91. The van der Waals surface area contributed by atoms with Gasteiger partial charge in [0.25, 0.3) is 11.8 Å². The molecule has 4 heterocycles. The van der Waals surface area contributed by atoms with E-state index in [4.69, 9.17) is 9.47 Å². The fraction of sp³-hybridized carbons (Fsp3) is 0.283. The maximum atomic E-state index is 13.3. The number of piperidine rings is 1. The van der Waals surface area contributed by atoms with Gasteiger partial charge in [0.05, 0.1) is 43.2 Å². The molecule has 0 radical (unpaired) electrons. The summed E-state index contributed by atoms with van der Waals surface area (Å²) in [5, 5.41) is 12.8. The van der Waals surface area contributed by atoms with Crippen LogP contribution >= 0.6 is 0 Å². The van der Waals surface area contributed by atoms with Gasteiger partial charge >= 0.3 is 0 Å². The van der Waals surface area contributed by atoms with Gasteiger partial charge in [0.2, 0.25) is 5.91 Å². The van der Waals surface area contributed by atoms with Gasteiger partial charge in [-0.25, -0.2) is 0 Å². The van der Waals surface area contributed by atoms with Crippen molar-refractivity contribution >= 4 is 23.4 Å². The number of aliphatic hydroxyl groups is 1. The number of likely N-dealkylation sites (tertiary alicyclic amines) is 1. The van der Waals surface area contributed by atoms with Crippen LogP contribution < -0.4 is 10.2 Å². The summed E-state index contributed by atoms with van der Waals surface area (Å²) >= 11 is 0. The summed E-state index contributed by atoms with van der Waals surface area (Å²) < 4.78 is 13.4. The molecule has 9 rings (SSSR count). The minimum atomic E-state index is -0.621. The lowest BCUT2D eigenvalue weighted by atomic mass is 9.85. The lowest BCUT2D eigenvalue weighted by molar-refractivity contribution is -0.253. The van der Waals surface area contributed by atoms with Gasteiger partial charge in [0.1, 0.15) is 5.54 Å². The molecule has 10 nitrogen and oxygen atoms in total. The standard InChI is InChI=1S/C46H44N4O6/c51-29-31-14-16-33(17-15-31)41-26-37(28-48-24-22-46(23-25-48)45(54)47-30-50(46)36-9-2-1-3-10-36)55-44(56-41)34-20-18-32(19-21-34)38-11-5-4-8-35(38)27-49-42(52)39-12-6-7-13-40(39)43(49)53/h1-21,37,41,44,51H,22-30H2,(H,47,54). The summed E-state index contributed by atoms with van der Waals surface area (Å²) in [5.41, 5.74) is 6.89. The molecule has 3 atom stereocenters. The van der Waals surface area contributed by atoms with Crippen molar-refractivity contribution in [2.45, 2.75) is 56.5 Å². The molecule has 0 aliphatic carbocycles. The van der Waals surface area contributed by atoms with Crippen LogP contribution in [0.1, 0.15) is 74.6 Å². The Labute approximate surface area is 326 Å². The van der Waals surface area contributed by atoms with Crippen molar-refractivity contribution in [1.29, 1.82) is 0 Å².